The van der Waals surface area contributed by atoms with Crippen LogP contribution in [-0.4, -0.2) is 6.85 Å². The van der Waals surface area contributed by atoms with Gasteiger partial charge in [0.15, 0.2) is 0 Å². The first kappa shape index (κ1) is 52.3. The average Bonchev–Trinajstić information content (AvgIpc) is 1.26. The second-order valence-corrected chi connectivity index (χ2v) is 28.4. The van der Waals surface area contributed by atoms with Gasteiger partial charge in [-0.1, -0.05) is 192 Å². The Morgan fingerprint density at radius 2 is 1.05 bits per heavy atom. The van der Waals surface area contributed by atoms with Crippen LogP contribution in [0.15, 0.2) is 211 Å². The van der Waals surface area contributed by atoms with Crippen molar-refractivity contribution >= 4 is 85.2 Å². The summed E-state index contributed by atoms with van der Waals surface area (Å²) in [5.41, 5.74) is 28.5. The van der Waals surface area contributed by atoms with Crippen molar-refractivity contribution in [2.24, 2.45) is 0 Å². The summed E-state index contributed by atoms with van der Waals surface area (Å²) in [7, 11) is 0. The molecule has 0 atom stereocenters. The molecule has 0 amide bonds. The zero-order chi connectivity index (χ0) is 58.0. The fourth-order valence-electron chi connectivity index (χ4n) is 15.1. The van der Waals surface area contributed by atoms with E-state index < -0.39 is 0 Å². The van der Waals surface area contributed by atoms with Crippen molar-refractivity contribution in [1.82, 2.24) is 0 Å². The molecule has 2 aliphatic carbocycles. The average molecular weight is 1090 g/mol. The zero-order valence-electron chi connectivity index (χ0n) is 50.9. The van der Waals surface area contributed by atoms with Gasteiger partial charge < -0.3 is 19.0 Å². The lowest BCUT2D eigenvalue weighted by Crippen LogP contribution is -2.62. The molecule has 11 aromatic rings. The van der Waals surface area contributed by atoms with Crippen LogP contribution in [0, 0.1) is 0 Å². The van der Waals surface area contributed by atoms with Crippen molar-refractivity contribution in [3.05, 3.63) is 240 Å². The number of nitrogens with zero attached hydrogens (tertiary/aromatic N) is 3. The normalized spacial score (nSPS) is 16.0. The van der Waals surface area contributed by atoms with Crippen molar-refractivity contribution in [1.29, 1.82) is 0 Å². The van der Waals surface area contributed by atoms with E-state index in [0.29, 0.717) is 0 Å². The van der Waals surface area contributed by atoms with Gasteiger partial charge in [-0.2, -0.15) is 0 Å². The van der Waals surface area contributed by atoms with E-state index in [1.54, 1.807) is 0 Å². The SMILES string of the molecule is CC(C)(C)c1ccc(N2B3c4cc(N(c5ccccc5)c5ccccc5)ccc4N(c4ccc(C(C)(C)C)cc4-c4ccccc4)c4c3c(cc3c4C(C)(C)c4ccccc4-3)-c3c2ccc2c3oc3cc4c(cc32)C(C)(C)CCC4(C)C)cc1. The maximum absolute atomic E-state index is 7.64. The van der Waals surface area contributed by atoms with Crippen LogP contribution in [0.3, 0.4) is 0 Å². The molecule has 0 spiro atoms. The summed E-state index contributed by atoms with van der Waals surface area (Å²) in [6.45, 7) is 28.3. The molecule has 1 aromatic heterocycles. The molecule has 0 fully saturated rings. The van der Waals surface area contributed by atoms with Gasteiger partial charge in [0.25, 0.3) is 0 Å². The standard InChI is InChI=1S/C79H74BN3O/c1-75(2,3)50-32-35-54(36-33-50)83-68-41-38-57-59-47-63-64(78(9,10)43-42-77(63,7)8)48-69(59)84-74(57)70(68)61-46-60-56-30-22-23-31-62(56)79(11,12)71(60)73-72(61)80(83)65-45-55(81(52-26-18-14-19-27-52)53-28-20-15-21-29-53)37-40-67(65)82(73)66-39-34-51(76(4,5)6)44-58(66)49-24-16-13-17-25-49/h13-41,44-48H,42-43H2,1-12H3. The molecule has 5 heteroatoms. The van der Waals surface area contributed by atoms with Crippen molar-refractivity contribution in [2.45, 2.75) is 123 Å². The van der Waals surface area contributed by atoms with Gasteiger partial charge in [-0.3, -0.25) is 0 Å². The van der Waals surface area contributed by atoms with Gasteiger partial charge in [-0.25, -0.2) is 0 Å². The molecule has 0 saturated heterocycles. The summed E-state index contributed by atoms with van der Waals surface area (Å²) >= 11 is 0. The van der Waals surface area contributed by atoms with Crippen LogP contribution in [0.5, 0.6) is 0 Å². The van der Waals surface area contributed by atoms with E-state index in [9.17, 15) is 0 Å². The van der Waals surface area contributed by atoms with Gasteiger partial charge in [-0.05, 0) is 198 Å². The third-order valence-electron chi connectivity index (χ3n) is 19.8. The van der Waals surface area contributed by atoms with E-state index in [4.69, 9.17) is 4.42 Å². The van der Waals surface area contributed by atoms with E-state index >= 15 is 0 Å². The van der Waals surface area contributed by atoms with Gasteiger partial charge in [0.05, 0.1) is 5.69 Å². The van der Waals surface area contributed by atoms with Gasteiger partial charge in [0, 0.05) is 67.1 Å². The van der Waals surface area contributed by atoms with Gasteiger partial charge in [0.1, 0.15) is 11.2 Å². The van der Waals surface area contributed by atoms with Crippen molar-refractivity contribution in [3.8, 4) is 33.4 Å². The quantitative estimate of drug-likeness (QED) is 0.155. The molecule has 0 bridgehead atoms. The number of anilines is 8. The molecule has 3 heterocycles. The Hall–Kier alpha value is -8.54. The Labute approximate surface area is 497 Å². The lowest BCUT2D eigenvalue weighted by atomic mass is 9.42. The van der Waals surface area contributed by atoms with Gasteiger partial charge in [-0.15, -0.1) is 0 Å². The predicted molar refractivity (Wildman–Crippen MR) is 358 cm³/mol. The topological polar surface area (TPSA) is 22.9 Å². The minimum atomic E-state index is -0.379. The Morgan fingerprint density at radius 3 is 1.70 bits per heavy atom. The van der Waals surface area contributed by atoms with Crippen LogP contribution in [0.2, 0.25) is 0 Å². The van der Waals surface area contributed by atoms with E-state index in [-0.39, 0.29) is 33.9 Å². The number of benzene rings is 10. The monoisotopic (exact) mass is 1090 g/mol. The van der Waals surface area contributed by atoms with E-state index in [1.165, 1.54) is 83.2 Å². The molecule has 0 N–H and O–H groups in total. The Morgan fingerprint density at radius 1 is 0.464 bits per heavy atom. The first-order chi connectivity index (χ1) is 40.2. The Bertz CT molecular complexity index is 4440. The highest BCUT2D eigenvalue weighted by molar-refractivity contribution is 6.94. The van der Waals surface area contributed by atoms with Gasteiger partial charge in [0.2, 0.25) is 0 Å². The molecule has 0 unspecified atom stereocenters. The minimum Gasteiger partial charge on any atom is -0.455 e. The molecule has 4 aliphatic rings. The number of para-hydroxylation sites is 2. The molecule has 2 aliphatic heterocycles. The summed E-state index contributed by atoms with van der Waals surface area (Å²) in [6.07, 6.45) is 2.28. The van der Waals surface area contributed by atoms with E-state index in [2.05, 4.69) is 304 Å². The lowest BCUT2D eigenvalue weighted by molar-refractivity contribution is 0.332. The summed E-state index contributed by atoms with van der Waals surface area (Å²) in [6, 6.07) is 78.5. The van der Waals surface area contributed by atoms with E-state index in [0.717, 1.165) is 74.8 Å². The van der Waals surface area contributed by atoms with Crippen molar-refractivity contribution in [2.75, 3.05) is 14.6 Å². The second kappa shape index (κ2) is 18.2. The molecule has 414 valence electrons. The summed E-state index contributed by atoms with van der Waals surface area (Å²) in [5, 5.41) is 2.34. The number of fused-ring (bicyclic) bond motifs is 13. The van der Waals surface area contributed by atoms with Gasteiger partial charge >= 0.3 is 6.85 Å². The Balaban J connectivity index is 1.13. The van der Waals surface area contributed by atoms with Crippen LogP contribution in [0.25, 0.3) is 55.3 Å². The zero-order valence-corrected chi connectivity index (χ0v) is 50.9. The fraction of sp³-hybridized carbons (Fsp3) is 0.241. The first-order valence-electron chi connectivity index (χ1n) is 30.5. The third kappa shape index (κ3) is 7.79. The molecular weight excluding hydrogens is 1020 g/mol. The molecule has 4 nitrogen and oxygen atoms in total. The second-order valence-electron chi connectivity index (χ2n) is 28.4. The minimum absolute atomic E-state index is 0.0237. The maximum Gasteiger partial charge on any atom is 0.333 e. The number of hydrogen-bond donors (Lipinski definition) is 0. The van der Waals surface area contributed by atoms with Crippen LogP contribution in [-0.2, 0) is 27.1 Å². The van der Waals surface area contributed by atoms with Crippen molar-refractivity contribution in [3.63, 3.8) is 0 Å². The smallest absolute Gasteiger partial charge is 0.333 e. The highest BCUT2D eigenvalue weighted by Gasteiger charge is 2.51. The van der Waals surface area contributed by atoms with Crippen LogP contribution < -0.4 is 25.5 Å². The highest BCUT2D eigenvalue weighted by atomic mass is 16.3. The summed E-state index contributed by atoms with van der Waals surface area (Å²) in [4.78, 5) is 7.82. The molecule has 0 saturated carbocycles. The van der Waals surface area contributed by atoms with Crippen LogP contribution in [0.1, 0.15) is 129 Å². The van der Waals surface area contributed by atoms with Crippen molar-refractivity contribution < 1.29 is 4.42 Å². The molecule has 0 radical (unpaired) electrons. The first-order valence-corrected chi connectivity index (χ1v) is 30.5. The van der Waals surface area contributed by atoms with Crippen LogP contribution >= 0.6 is 0 Å². The lowest BCUT2D eigenvalue weighted by Gasteiger charge is -2.48. The Kier molecular flexibility index (Phi) is 11.3. The number of rotatable bonds is 6. The fourth-order valence-corrected chi connectivity index (χ4v) is 15.1. The molecule has 15 rings (SSSR count). The predicted octanol–water partition coefficient (Wildman–Crippen LogP) is 20.7. The van der Waals surface area contributed by atoms with Crippen LogP contribution in [0.4, 0.5) is 45.5 Å². The highest BCUT2D eigenvalue weighted by Crippen LogP contribution is 2.60. The molecule has 84 heavy (non-hydrogen) atoms. The summed E-state index contributed by atoms with van der Waals surface area (Å²) in [5.74, 6) is 0. The summed E-state index contributed by atoms with van der Waals surface area (Å²) < 4.78 is 7.64. The largest absolute Gasteiger partial charge is 0.455 e. The van der Waals surface area contributed by atoms with E-state index in [1.807, 2.05) is 0 Å². The maximum atomic E-state index is 7.64. The molecular formula is C79H74BN3O. The third-order valence-corrected chi connectivity index (χ3v) is 19.8. The molecule has 10 aromatic carbocycles. The number of furan rings is 1. The number of hydrogen-bond acceptors (Lipinski definition) is 4.